The largest absolute Gasteiger partial charge is 0.381 e. The molecule has 0 aliphatic carbocycles. The van der Waals surface area contributed by atoms with Gasteiger partial charge in [0.15, 0.2) is 0 Å². The third kappa shape index (κ3) is 3.48. The summed E-state index contributed by atoms with van der Waals surface area (Å²) in [7, 11) is 0. The third-order valence-corrected chi connectivity index (χ3v) is 4.86. The number of nitrogens with one attached hydrogen (secondary N) is 1. The van der Waals surface area contributed by atoms with E-state index in [0.29, 0.717) is 5.92 Å². The maximum Gasteiger partial charge on any atom is 0.139 e. The quantitative estimate of drug-likeness (QED) is 0.890. The van der Waals surface area contributed by atoms with Crippen LogP contribution in [0.1, 0.15) is 47.3 Å². The van der Waals surface area contributed by atoms with Gasteiger partial charge in [0, 0.05) is 12.5 Å². The fourth-order valence-electron chi connectivity index (χ4n) is 2.54. The molecule has 1 aromatic heterocycles. The minimum atomic E-state index is 0.139. The summed E-state index contributed by atoms with van der Waals surface area (Å²) in [5.41, 5.74) is 1.25. The Hall–Kier alpha value is -1.30. The van der Waals surface area contributed by atoms with Crippen LogP contribution in [-0.4, -0.2) is 30.0 Å². The predicted molar refractivity (Wildman–Crippen MR) is 84.7 cm³/mol. The second-order valence-corrected chi connectivity index (χ2v) is 6.38. The molecule has 2 unspecified atom stereocenters. The molecule has 5 heteroatoms. The summed E-state index contributed by atoms with van der Waals surface area (Å²) in [4.78, 5) is 0. The van der Waals surface area contributed by atoms with Crippen molar-refractivity contribution in [3.8, 4) is 0 Å². The van der Waals surface area contributed by atoms with Crippen molar-refractivity contribution in [2.75, 3.05) is 19.8 Å². The molecule has 1 aliphatic heterocycles. The Kier molecular flexibility index (Phi) is 4.95. The lowest BCUT2D eigenvalue weighted by Crippen LogP contribution is -2.23. The molecule has 1 N–H and O–H groups in total. The van der Waals surface area contributed by atoms with Crippen molar-refractivity contribution in [1.82, 2.24) is 15.5 Å². The highest BCUT2D eigenvalue weighted by atomic mass is 32.1. The van der Waals surface area contributed by atoms with Gasteiger partial charge in [-0.1, -0.05) is 48.6 Å². The normalized spacial score (nSPS) is 19.8. The summed E-state index contributed by atoms with van der Waals surface area (Å²) in [5, 5.41) is 14.6. The van der Waals surface area contributed by atoms with Gasteiger partial charge in [-0.25, -0.2) is 0 Å². The number of nitrogens with zero attached hydrogens (tertiary/aromatic N) is 2. The van der Waals surface area contributed by atoms with E-state index >= 15 is 0 Å². The van der Waals surface area contributed by atoms with Crippen molar-refractivity contribution < 1.29 is 4.74 Å². The van der Waals surface area contributed by atoms with Crippen LogP contribution < -0.4 is 5.32 Å². The second kappa shape index (κ2) is 7.11. The topological polar surface area (TPSA) is 47.0 Å². The van der Waals surface area contributed by atoms with Gasteiger partial charge in [0.25, 0.3) is 0 Å². The molecule has 4 nitrogen and oxygen atoms in total. The zero-order valence-corrected chi connectivity index (χ0v) is 13.1. The molecule has 0 bridgehead atoms. The molecule has 3 rings (SSSR count). The highest BCUT2D eigenvalue weighted by molar-refractivity contribution is 7.11. The van der Waals surface area contributed by atoms with E-state index in [2.05, 4.69) is 46.7 Å². The first-order valence-electron chi connectivity index (χ1n) is 7.58. The van der Waals surface area contributed by atoms with Gasteiger partial charge in [-0.05, 0) is 24.9 Å². The average Bonchev–Trinajstić information content (AvgIpc) is 3.20. The SMILES string of the molecule is CCCNC(c1ccccc1)c1nnc(C2CCOC2)s1. The van der Waals surface area contributed by atoms with E-state index < -0.39 is 0 Å². The number of hydrogen-bond donors (Lipinski definition) is 1. The molecule has 21 heavy (non-hydrogen) atoms. The lowest BCUT2D eigenvalue weighted by molar-refractivity contribution is 0.194. The Morgan fingerprint density at radius 2 is 2.19 bits per heavy atom. The van der Waals surface area contributed by atoms with E-state index in [0.717, 1.165) is 42.6 Å². The van der Waals surface area contributed by atoms with Crippen molar-refractivity contribution in [1.29, 1.82) is 0 Å². The molecule has 2 atom stereocenters. The molecule has 2 heterocycles. The molecule has 112 valence electrons. The van der Waals surface area contributed by atoms with Crippen molar-refractivity contribution >= 4 is 11.3 Å². The van der Waals surface area contributed by atoms with Crippen molar-refractivity contribution in [3.63, 3.8) is 0 Å². The Morgan fingerprint density at radius 1 is 1.33 bits per heavy atom. The van der Waals surface area contributed by atoms with Gasteiger partial charge >= 0.3 is 0 Å². The van der Waals surface area contributed by atoms with Gasteiger partial charge in [-0.3, -0.25) is 0 Å². The molecule has 1 aromatic carbocycles. The molecule has 2 aromatic rings. The van der Waals surface area contributed by atoms with E-state index in [1.807, 2.05) is 6.07 Å². The van der Waals surface area contributed by atoms with Crippen LogP contribution in [0.15, 0.2) is 30.3 Å². The second-order valence-electron chi connectivity index (χ2n) is 5.34. The summed E-state index contributed by atoms with van der Waals surface area (Å²) in [6, 6.07) is 10.6. The number of aromatic nitrogens is 2. The highest BCUT2D eigenvalue weighted by Crippen LogP contribution is 2.31. The molecular formula is C16H21N3OS. The Labute approximate surface area is 129 Å². The first kappa shape index (κ1) is 14.6. The average molecular weight is 303 g/mol. The van der Waals surface area contributed by atoms with Crippen LogP contribution in [0.25, 0.3) is 0 Å². The smallest absolute Gasteiger partial charge is 0.139 e. The minimum Gasteiger partial charge on any atom is -0.381 e. The van der Waals surface area contributed by atoms with Crippen LogP contribution in [-0.2, 0) is 4.74 Å². The molecule has 0 radical (unpaired) electrons. The molecule has 0 saturated carbocycles. The zero-order chi connectivity index (χ0) is 14.5. The highest BCUT2D eigenvalue weighted by Gasteiger charge is 2.24. The summed E-state index contributed by atoms with van der Waals surface area (Å²) < 4.78 is 5.45. The van der Waals surface area contributed by atoms with Crippen LogP contribution in [0.4, 0.5) is 0 Å². The first-order chi connectivity index (χ1) is 10.4. The summed E-state index contributed by atoms with van der Waals surface area (Å²) >= 11 is 1.72. The Bertz CT molecular complexity index is 552. The molecule has 1 saturated heterocycles. The van der Waals surface area contributed by atoms with Gasteiger partial charge in [0.05, 0.1) is 12.6 Å². The van der Waals surface area contributed by atoms with Gasteiger partial charge in [0.1, 0.15) is 10.0 Å². The van der Waals surface area contributed by atoms with E-state index in [1.165, 1.54) is 5.56 Å². The van der Waals surface area contributed by atoms with E-state index in [1.54, 1.807) is 11.3 Å². The Balaban J connectivity index is 1.82. The van der Waals surface area contributed by atoms with Gasteiger partial charge in [0.2, 0.25) is 0 Å². The summed E-state index contributed by atoms with van der Waals surface area (Å²) in [6.07, 6.45) is 2.17. The minimum absolute atomic E-state index is 0.139. The fourth-order valence-corrected chi connectivity index (χ4v) is 3.61. The third-order valence-electron chi connectivity index (χ3n) is 3.71. The van der Waals surface area contributed by atoms with Crippen molar-refractivity contribution in [2.24, 2.45) is 0 Å². The lowest BCUT2D eigenvalue weighted by Gasteiger charge is -2.15. The van der Waals surface area contributed by atoms with Crippen LogP contribution in [0, 0.1) is 0 Å². The van der Waals surface area contributed by atoms with Crippen LogP contribution in [0.5, 0.6) is 0 Å². The van der Waals surface area contributed by atoms with Gasteiger partial charge in [-0.15, -0.1) is 10.2 Å². The van der Waals surface area contributed by atoms with Gasteiger partial charge in [-0.2, -0.15) is 0 Å². The number of ether oxygens (including phenoxy) is 1. The summed E-state index contributed by atoms with van der Waals surface area (Å²) in [6.45, 7) is 4.78. The number of rotatable bonds is 6. The molecule has 0 spiro atoms. The molecule has 0 amide bonds. The fraction of sp³-hybridized carbons (Fsp3) is 0.500. The first-order valence-corrected chi connectivity index (χ1v) is 8.39. The maximum atomic E-state index is 5.45. The number of hydrogen-bond acceptors (Lipinski definition) is 5. The maximum absolute atomic E-state index is 5.45. The Morgan fingerprint density at radius 3 is 2.90 bits per heavy atom. The zero-order valence-electron chi connectivity index (χ0n) is 12.3. The van der Waals surface area contributed by atoms with Gasteiger partial charge < -0.3 is 10.1 Å². The van der Waals surface area contributed by atoms with Crippen LogP contribution in [0.2, 0.25) is 0 Å². The monoisotopic (exact) mass is 303 g/mol. The molecule has 1 aliphatic rings. The van der Waals surface area contributed by atoms with Crippen LogP contribution >= 0.6 is 11.3 Å². The van der Waals surface area contributed by atoms with Crippen molar-refractivity contribution in [2.45, 2.75) is 31.7 Å². The standard InChI is InChI=1S/C16H21N3OS/c1-2-9-17-14(12-6-4-3-5-7-12)16-19-18-15(21-16)13-8-10-20-11-13/h3-7,13-14,17H,2,8-11H2,1H3. The lowest BCUT2D eigenvalue weighted by atomic mass is 10.1. The van der Waals surface area contributed by atoms with E-state index in [4.69, 9.17) is 4.74 Å². The van der Waals surface area contributed by atoms with E-state index in [-0.39, 0.29) is 6.04 Å². The molecule has 1 fully saturated rings. The van der Waals surface area contributed by atoms with Crippen LogP contribution in [0.3, 0.4) is 0 Å². The summed E-state index contributed by atoms with van der Waals surface area (Å²) in [5.74, 6) is 0.429. The predicted octanol–water partition coefficient (Wildman–Crippen LogP) is 3.13. The molecular weight excluding hydrogens is 282 g/mol. The number of benzene rings is 1. The van der Waals surface area contributed by atoms with E-state index in [9.17, 15) is 0 Å². The van der Waals surface area contributed by atoms with Crippen molar-refractivity contribution in [3.05, 3.63) is 45.9 Å².